The van der Waals surface area contributed by atoms with E-state index in [0.717, 1.165) is 4.31 Å². The van der Waals surface area contributed by atoms with E-state index in [1.165, 1.54) is 7.11 Å². The van der Waals surface area contributed by atoms with Gasteiger partial charge in [0.2, 0.25) is 10.0 Å². The van der Waals surface area contributed by atoms with Crippen molar-refractivity contribution in [1.29, 1.82) is 0 Å². The molecule has 0 spiro atoms. The van der Waals surface area contributed by atoms with Crippen LogP contribution < -0.4 is 0 Å². The molecule has 0 rings (SSSR count). The quantitative estimate of drug-likeness (QED) is 0.513. The lowest BCUT2D eigenvalue weighted by Gasteiger charge is -2.20. The van der Waals surface area contributed by atoms with Gasteiger partial charge in [0.05, 0.1) is 25.6 Å². The molecule has 86 valence electrons. The lowest BCUT2D eigenvalue weighted by atomic mass is 10.6. The average Bonchev–Trinajstić information content (AvgIpc) is 2.11. The van der Waals surface area contributed by atoms with Crippen molar-refractivity contribution < 1.29 is 23.4 Å². The molecule has 0 heterocycles. The van der Waals surface area contributed by atoms with Gasteiger partial charge in [-0.15, -0.1) is 0 Å². The number of aliphatic hydroxyl groups is 2. The third-order valence-corrected chi connectivity index (χ3v) is 3.49. The number of ether oxygens (including phenoxy) is 1. The van der Waals surface area contributed by atoms with E-state index >= 15 is 0 Å². The van der Waals surface area contributed by atoms with Gasteiger partial charge in [-0.05, 0) is 0 Å². The first-order chi connectivity index (χ1) is 6.58. The number of aliphatic hydroxyl groups excluding tert-OH is 2. The molecule has 0 amide bonds. The molecule has 0 bridgehead atoms. The first-order valence-corrected chi connectivity index (χ1v) is 5.88. The molecular weight excluding hydrogens is 210 g/mol. The molecule has 0 unspecified atom stereocenters. The topological polar surface area (TPSA) is 87.1 Å². The number of methoxy groups -OCH3 is 1. The Hall–Kier alpha value is -0.210. The standard InChI is InChI=1S/C7H17NO5S/c1-13-6-3-8(2-4-9)14(11,12)7-5-10/h9-10H,2-7H2,1H3. The van der Waals surface area contributed by atoms with Gasteiger partial charge < -0.3 is 14.9 Å². The molecule has 0 atom stereocenters. The van der Waals surface area contributed by atoms with E-state index in [-0.39, 0.29) is 32.1 Å². The Kier molecular flexibility index (Phi) is 7.02. The Balaban J connectivity index is 4.30. The maximum absolute atomic E-state index is 11.4. The van der Waals surface area contributed by atoms with Crippen molar-refractivity contribution >= 4 is 10.0 Å². The zero-order chi connectivity index (χ0) is 11.0. The largest absolute Gasteiger partial charge is 0.395 e. The second-order valence-electron chi connectivity index (χ2n) is 2.66. The van der Waals surface area contributed by atoms with Gasteiger partial charge in [-0.2, -0.15) is 4.31 Å². The van der Waals surface area contributed by atoms with E-state index in [9.17, 15) is 8.42 Å². The van der Waals surface area contributed by atoms with Crippen LogP contribution in [0, 0.1) is 0 Å². The first-order valence-electron chi connectivity index (χ1n) is 4.27. The summed E-state index contributed by atoms with van der Waals surface area (Å²) in [7, 11) is -2.00. The molecule has 0 aliphatic carbocycles. The third-order valence-electron chi connectivity index (χ3n) is 1.64. The van der Waals surface area contributed by atoms with Crippen molar-refractivity contribution in [3.63, 3.8) is 0 Å². The van der Waals surface area contributed by atoms with Crippen LogP contribution in [0.4, 0.5) is 0 Å². The summed E-state index contributed by atoms with van der Waals surface area (Å²) in [5, 5.41) is 17.2. The van der Waals surface area contributed by atoms with E-state index in [2.05, 4.69) is 0 Å². The molecule has 0 aliphatic heterocycles. The third kappa shape index (κ3) is 4.87. The van der Waals surface area contributed by atoms with Crippen molar-refractivity contribution in [1.82, 2.24) is 4.31 Å². The summed E-state index contributed by atoms with van der Waals surface area (Å²) < 4.78 is 28.7. The number of sulfonamides is 1. The molecule has 0 aromatic carbocycles. The maximum atomic E-state index is 11.4. The van der Waals surface area contributed by atoms with Crippen molar-refractivity contribution in [3.8, 4) is 0 Å². The monoisotopic (exact) mass is 227 g/mol. The van der Waals surface area contributed by atoms with Gasteiger partial charge in [-0.1, -0.05) is 0 Å². The normalized spacial score (nSPS) is 12.3. The molecule has 0 saturated heterocycles. The minimum Gasteiger partial charge on any atom is -0.395 e. The summed E-state index contributed by atoms with van der Waals surface area (Å²) in [4.78, 5) is 0. The fourth-order valence-electron chi connectivity index (χ4n) is 0.939. The molecule has 0 radical (unpaired) electrons. The maximum Gasteiger partial charge on any atom is 0.216 e. The highest BCUT2D eigenvalue weighted by molar-refractivity contribution is 7.89. The lowest BCUT2D eigenvalue weighted by molar-refractivity contribution is 0.168. The molecule has 0 aromatic heterocycles. The summed E-state index contributed by atoms with van der Waals surface area (Å²) >= 11 is 0. The van der Waals surface area contributed by atoms with Crippen LogP contribution in [0.1, 0.15) is 0 Å². The second kappa shape index (κ2) is 7.13. The first kappa shape index (κ1) is 13.8. The van der Waals surface area contributed by atoms with Crippen molar-refractivity contribution in [2.75, 3.05) is 45.8 Å². The Morgan fingerprint density at radius 1 is 1.21 bits per heavy atom. The number of hydrogen-bond donors (Lipinski definition) is 2. The fourth-order valence-corrected chi connectivity index (χ4v) is 2.14. The van der Waals surface area contributed by atoms with Gasteiger partial charge in [0, 0.05) is 20.2 Å². The van der Waals surface area contributed by atoms with Gasteiger partial charge in [0.15, 0.2) is 0 Å². The summed E-state index contributed by atoms with van der Waals surface area (Å²) in [5.41, 5.74) is 0. The molecule has 6 nitrogen and oxygen atoms in total. The van der Waals surface area contributed by atoms with Crippen molar-refractivity contribution in [3.05, 3.63) is 0 Å². The molecule has 0 saturated carbocycles. The van der Waals surface area contributed by atoms with Gasteiger partial charge in [0.1, 0.15) is 0 Å². The highest BCUT2D eigenvalue weighted by Crippen LogP contribution is 2.00. The molecule has 2 N–H and O–H groups in total. The SMILES string of the molecule is COCCN(CCO)S(=O)(=O)CCO. The zero-order valence-electron chi connectivity index (χ0n) is 8.22. The van der Waals surface area contributed by atoms with Gasteiger partial charge in [-0.25, -0.2) is 8.42 Å². The van der Waals surface area contributed by atoms with E-state index in [4.69, 9.17) is 14.9 Å². The van der Waals surface area contributed by atoms with Crippen LogP contribution in [-0.4, -0.2) is 68.7 Å². The number of rotatable bonds is 8. The summed E-state index contributed by atoms with van der Waals surface area (Å²) in [5.74, 6) is -0.323. The predicted molar refractivity (Wildman–Crippen MR) is 51.4 cm³/mol. The van der Waals surface area contributed by atoms with Gasteiger partial charge >= 0.3 is 0 Å². The molecule has 7 heteroatoms. The number of hydrogen-bond acceptors (Lipinski definition) is 5. The Labute approximate surface area is 84.2 Å². The van der Waals surface area contributed by atoms with Crippen LogP contribution in [0.15, 0.2) is 0 Å². The van der Waals surface area contributed by atoms with Crippen LogP contribution in [0.5, 0.6) is 0 Å². The highest BCUT2D eigenvalue weighted by atomic mass is 32.2. The van der Waals surface area contributed by atoms with Crippen LogP contribution in [-0.2, 0) is 14.8 Å². The van der Waals surface area contributed by atoms with Crippen LogP contribution in [0.25, 0.3) is 0 Å². The Morgan fingerprint density at radius 3 is 2.29 bits per heavy atom. The highest BCUT2D eigenvalue weighted by Gasteiger charge is 2.20. The van der Waals surface area contributed by atoms with E-state index < -0.39 is 16.6 Å². The molecular formula is C7H17NO5S. The van der Waals surface area contributed by atoms with Crippen LogP contribution >= 0.6 is 0 Å². The van der Waals surface area contributed by atoms with E-state index in [0.29, 0.717) is 0 Å². The lowest BCUT2D eigenvalue weighted by Crippen LogP contribution is -2.38. The fraction of sp³-hybridized carbons (Fsp3) is 1.00. The zero-order valence-corrected chi connectivity index (χ0v) is 9.03. The summed E-state index contributed by atoms with van der Waals surface area (Å²) in [6.45, 7) is -0.165. The minimum absolute atomic E-state index is 0.0334. The predicted octanol–water partition coefficient (Wildman–Crippen LogP) is -1.75. The van der Waals surface area contributed by atoms with Crippen molar-refractivity contribution in [2.24, 2.45) is 0 Å². The van der Waals surface area contributed by atoms with Gasteiger partial charge in [0.25, 0.3) is 0 Å². The van der Waals surface area contributed by atoms with Gasteiger partial charge in [-0.3, -0.25) is 0 Å². The van der Waals surface area contributed by atoms with Crippen LogP contribution in [0.2, 0.25) is 0 Å². The number of nitrogens with zero attached hydrogens (tertiary/aromatic N) is 1. The second-order valence-corrected chi connectivity index (χ2v) is 4.74. The van der Waals surface area contributed by atoms with Crippen LogP contribution in [0.3, 0.4) is 0 Å². The van der Waals surface area contributed by atoms with Crippen molar-refractivity contribution in [2.45, 2.75) is 0 Å². The van der Waals surface area contributed by atoms with E-state index in [1.54, 1.807) is 0 Å². The summed E-state index contributed by atoms with van der Waals surface area (Å²) in [6, 6.07) is 0. The molecule has 0 aliphatic rings. The smallest absolute Gasteiger partial charge is 0.216 e. The van der Waals surface area contributed by atoms with E-state index in [1.807, 2.05) is 0 Å². The Bertz CT molecular complexity index is 228. The average molecular weight is 227 g/mol. The summed E-state index contributed by atoms with van der Waals surface area (Å²) in [6.07, 6.45) is 0. The Morgan fingerprint density at radius 2 is 1.86 bits per heavy atom. The molecule has 14 heavy (non-hydrogen) atoms. The molecule has 0 aromatic rings. The minimum atomic E-state index is -3.46. The molecule has 0 fully saturated rings.